The van der Waals surface area contributed by atoms with Crippen LogP contribution in [0.2, 0.25) is 0 Å². The molecule has 2 aliphatic rings. The number of rotatable bonds is 2. The van der Waals surface area contributed by atoms with Gasteiger partial charge >= 0.3 is 0 Å². The molecule has 1 aromatic carbocycles. The number of nitrogens with zero attached hydrogens (tertiary/aromatic N) is 1. The second-order valence-electron chi connectivity index (χ2n) is 6.12. The summed E-state index contributed by atoms with van der Waals surface area (Å²) in [5.74, 6) is -0.361. The fraction of sp³-hybridized carbons (Fsp3) is 0.368. The van der Waals surface area contributed by atoms with Crippen molar-refractivity contribution in [3.05, 3.63) is 65.3 Å². The van der Waals surface area contributed by atoms with Crippen molar-refractivity contribution in [2.75, 3.05) is 20.1 Å². The van der Waals surface area contributed by atoms with Crippen LogP contribution in [0.5, 0.6) is 0 Å². The summed E-state index contributed by atoms with van der Waals surface area (Å²) >= 11 is 0. The lowest BCUT2D eigenvalue weighted by atomic mass is 9.81. The molecule has 1 aromatic rings. The lowest BCUT2D eigenvalue weighted by Gasteiger charge is -2.29. The predicted molar refractivity (Wildman–Crippen MR) is 86.5 cm³/mol. The highest BCUT2D eigenvalue weighted by Crippen LogP contribution is 2.37. The van der Waals surface area contributed by atoms with Crippen molar-refractivity contribution in [2.24, 2.45) is 5.92 Å². The molecule has 1 unspecified atom stereocenters. The molecule has 0 aromatic heterocycles. The van der Waals surface area contributed by atoms with E-state index in [1.54, 1.807) is 6.08 Å². The maximum absolute atomic E-state index is 13.7. The first-order valence-corrected chi connectivity index (χ1v) is 7.84. The normalized spacial score (nSPS) is 22.6. The largest absolute Gasteiger partial charge is 0.306 e. The highest BCUT2D eigenvalue weighted by atomic mass is 19.1. The molecule has 1 aliphatic heterocycles. The minimum Gasteiger partial charge on any atom is -0.306 e. The molecule has 0 amide bonds. The molecule has 0 spiro atoms. The summed E-state index contributed by atoms with van der Waals surface area (Å²) in [5.41, 5.74) is 3.59. The van der Waals surface area contributed by atoms with E-state index in [0.717, 1.165) is 37.9 Å². The molecule has 22 heavy (non-hydrogen) atoms. The molecule has 116 valence electrons. The molecule has 1 atom stereocenters. The molecule has 3 heteroatoms. The van der Waals surface area contributed by atoms with Gasteiger partial charge in [0.15, 0.2) is 0 Å². The van der Waals surface area contributed by atoms with Gasteiger partial charge < -0.3 is 4.90 Å². The van der Waals surface area contributed by atoms with E-state index >= 15 is 0 Å². The molecule has 1 saturated heterocycles. The van der Waals surface area contributed by atoms with Gasteiger partial charge in [0.2, 0.25) is 0 Å². The summed E-state index contributed by atoms with van der Waals surface area (Å²) in [7, 11) is 2.12. The zero-order chi connectivity index (χ0) is 15.5. The van der Waals surface area contributed by atoms with Crippen molar-refractivity contribution in [1.29, 1.82) is 0 Å². The lowest BCUT2D eigenvalue weighted by molar-refractivity contribution is 0.312. The topological polar surface area (TPSA) is 3.24 Å². The minimum absolute atomic E-state index is 0.0499. The van der Waals surface area contributed by atoms with Gasteiger partial charge in [0.25, 0.3) is 0 Å². The van der Waals surface area contributed by atoms with E-state index in [1.807, 2.05) is 18.2 Å². The molecule has 0 radical (unpaired) electrons. The Hall–Kier alpha value is -1.74. The smallest absolute Gasteiger partial charge is 0.123 e. The standard InChI is InChI=1S/C19H21F2N/c1-22-11-9-15(10-12-22)19(14-5-7-17(20)8-6-14)16-3-2-4-18(21)13-16/h2,4-8,13,16H,3,9-12H2,1H3. The van der Waals surface area contributed by atoms with Crippen LogP contribution in [0, 0.1) is 11.7 Å². The second kappa shape index (κ2) is 6.57. The third kappa shape index (κ3) is 3.36. The average Bonchev–Trinajstić information content (AvgIpc) is 2.51. The number of hydrogen-bond donors (Lipinski definition) is 0. The number of benzene rings is 1. The number of piperidine rings is 1. The molecule has 1 fully saturated rings. The zero-order valence-corrected chi connectivity index (χ0v) is 12.9. The van der Waals surface area contributed by atoms with E-state index in [9.17, 15) is 8.78 Å². The molecule has 1 nitrogen and oxygen atoms in total. The Kier molecular flexibility index (Phi) is 4.53. The van der Waals surface area contributed by atoms with Crippen molar-refractivity contribution in [1.82, 2.24) is 4.90 Å². The van der Waals surface area contributed by atoms with E-state index in [2.05, 4.69) is 11.9 Å². The fourth-order valence-electron chi connectivity index (χ4n) is 3.31. The second-order valence-corrected chi connectivity index (χ2v) is 6.12. The first kappa shape index (κ1) is 15.2. The number of allylic oxidation sites excluding steroid dienone is 5. The summed E-state index contributed by atoms with van der Waals surface area (Å²) in [6, 6.07) is 6.62. The molecule has 0 saturated carbocycles. The number of halogens is 2. The van der Waals surface area contributed by atoms with E-state index in [4.69, 9.17) is 0 Å². The highest BCUT2D eigenvalue weighted by Gasteiger charge is 2.22. The summed E-state index contributed by atoms with van der Waals surface area (Å²) in [6.07, 6.45) is 7.92. The van der Waals surface area contributed by atoms with Crippen LogP contribution in [0.4, 0.5) is 8.78 Å². The molecule has 0 bridgehead atoms. The molecule has 3 rings (SSSR count). The van der Waals surface area contributed by atoms with Gasteiger partial charge in [-0.25, -0.2) is 8.78 Å². The summed E-state index contributed by atoms with van der Waals surface area (Å²) in [5, 5.41) is 0. The third-order valence-corrected chi connectivity index (χ3v) is 4.53. The van der Waals surface area contributed by atoms with Crippen LogP contribution in [-0.4, -0.2) is 25.0 Å². The first-order valence-electron chi connectivity index (χ1n) is 7.84. The molecule has 0 N–H and O–H groups in total. The van der Waals surface area contributed by atoms with E-state index in [0.29, 0.717) is 0 Å². The van der Waals surface area contributed by atoms with Gasteiger partial charge in [0.05, 0.1) is 0 Å². The van der Waals surface area contributed by atoms with Crippen LogP contribution in [-0.2, 0) is 0 Å². The van der Waals surface area contributed by atoms with E-state index < -0.39 is 0 Å². The van der Waals surface area contributed by atoms with Gasteiger partial charge in [0, 0.05) is 19.0 Å². The van der Waals surface area contributed by atoms with Gasteiger partial charge in [-0.05, 0) is 61.7 Å². The first-order chi connectivity index (χ1) is 10.6. The number of hydrogen-bond acceptors (Lipinski definition) is 1. The quantitative estimate of drug-likeness (QED) is 0.763. The molecular weight excluding hydrogens is 280 g/mol. The Morgan fingerprint density at radius 3 is 2.41 bits per heavy atom. The Bertz CT molecular complexity index is 615. The number of likely N-dealkylation sites (tertiary alicyclic amines) is 1. The van der Waals surface area contributed by atoms with Crippen LogP contribution in [0.3, 0.4) is 0 Å². The third-order valence-electron chi connectivity index (χ3n) is 4.53. The van der Waals surface area contributed by atoms with Crippen molar-refractivity contribution in [2.45, 2.75) is 19.3 Å². The Morgan fingerprint density at radius 1 is 1.09 bits per heavy atom. The highest BCUT2D eigenvalue weighted by molar-refractivity contribution is 5.72. The van der Waals surface area contributed by atoms with Crippen molar-refractivity contribution < 1.29 is 8.78 Å². The fourth-order valence-corrected chi connectivity index (χ4v) is 3.31. The van der Waals surface area contributed by atoms with Gasteiger partial charge in [-0.3, -0.25) is 0 Å². The van der Waals surface area contributed by atoms with Crippen LogP contribution >= 0.6 is 0 Å². The Balaban J connectivity index is 2.00. The predicted octanol–water partition coefficient (Wildman–Crippen LogP) is 4.73. The molecule has 1 heterocycles. The van der Waals surface area contributed by atoms with Crippen molar-refractivity contribution in [3.63, 3.8) is 0 Å². The maximum Gasteiger partial charge on any atom is 0.123 e. The maximum atomic E-state index is 13.7. The van der Waals surface area contributed by atoms with Crippen LogP contribution < -0.4 is 0 Å². The zero-order valence-electron chi connectivity index (χ0n) is 12.9. The molecule has 1 aliphatic carbocycles. The summed E-state index contributed by atoms with van der Waals surface area (Å²) in [6.45, 7) is 2.05. The summed E-state index contributed by atoms with van der Waals surface area (Å²) in [4.78, 5) is 2.31. The van der Waals surface area contributed by atoms with Gasteiger partial charge in [-0.15, -0.1) is 0 Å². The van der Waals surface area contributed by atoms with Gasteiger partial charge in [-0.1, -0.05) is 23.8 Å². The Morgan fingerprint density at radius 2 is 1.77 bits per heavy atom. The van der Waals surface area contributed by atoms with Gasteiger partial charge in [0.1, 0.15) is 11.6 Å². The van der Waals surface area contributed by atoms with Crippen molar-refractivity contribution in [3.8, 4) is 0 Å². The summed E-state index contributed by atoms with van der Waals surface area (Å²) < 4.78 is 26.9. The van der Waals surface area contributed by atoms with E-state index in [1.165, 1.54) is 29.4 Å². The van der Waals surface area contributed by atoms with Crippen LogP contribution in [0.1, 0.15) is 24.8 Å². The van der Waals surface area contributed by atoms with E-state index in [-0.39, 0.29) is 17.6 Å². The van der Waals surface area contributed by atoms with Crippen LogP contribution in [0.25, 0.3) is 5.57 Å². The lowest BCUT2D eigenvalue weighted by Crippen LogP contribution is -2.27. The molecular formula is C19H21F2N. The van der Waals surface area contributed by atoms with Gasteiger partial charge in [-0.2, -0.15) is 0 Å². The van der Waals surface area contributed by atoms with Crippen molar-refractivity contribution >= 4 is 5.57 Å². The SMILES string of the molecule is CN1CCC(=C(c2ccc(F)cc2)C2C=C(F)C=CC2)CC1. The minimum atomic E-state index is -0.234. The van der Waals surface area contributed by atoms with Crippen LogP contribution in [0.15, 0.2) is 53.9 Å². The monoisotopic (exact) mass is 301 g/mol. The Labute approximate surface area is 130 Å². The average molecular weight is 301 g/mol.